The zero-order valence-electron chi connectivity index (χ0n) is 12.1. The fourth-order valence-electron chi connectivity index (χ4n) is 2.46. The van der Waals surface area contributed by atoms with E-state index in [9.17, 15) is 13.2 Å². The SMILES string of the molecule is COCCS(=O)(=O)[C@@H](C)C(=O)N(C)C1CCCCC1. The molecule has 19 heavy (non-hydrogen) atoms. The van der Waals surface area contributed by atoms with Crippen molar-refractivity contribution in [1.82, 2.24) is 4.90 Å². The minimum atomic E-state index is -3.42. The molecule has 1 amide bonds. The summed E-state index contributed by atoms with van der Waals surface area (Å²) in [7, 11) is -0.244. The van der Waals surface area contributed by atoms with Gasteiger partial charge in [0.1, 0.15) is 5.25 Å². The van der Waals surface area contributed by atoms with Crippen LogP contribution in [0.4, 0.5) is 0 Å². The summed E-state index contributed by atoms with van der Waals surface area (Å²) in [6.45, 7) is 1.61. The topological polar surface area (TPSA) is 63.7 Å². The van der Waals surface area contributed by atoms with Crippen LogP contribution in [-0.2, 0) is 19.4 Å². The van der Waals surface area contributed by atoms with E-state index in [0.29, 0.717) is 0 Å². The van der Waals surface area contributed by atoms with Crippen molar-refractivity contribution in [3.05, 3.63) is 0 Å². The molecule has 1 fully saturated rings. The van der Waals surface area contributed by atoms with Crippen molar-refractivity contribution in [2.45, 2.75) is 50.3 Å². The first-order chi connectivity index (χ1) is 8.90. The van der Waals surface area contributed by atoms with Crippen LogP contribution in [0.25, 0.3) is 0 Å². The van der Waals surface area contributed by atoms with Gasteiger partial charge in [-0.05, 0) is 19.8 Å². The molecule has 1 rings (SSSR count). The highest BCUT2D eigenvalue weighted by Crippen LogP contribution is 2.22. The lowest BCUT2D eigenvalue weighted by Crippen LogP contribution is -2.46. The number of sulfone groups is 1. The second kappa shape index (κ2) is 7.24. The molecule has 0 N–H and O–H groups in total. The van der Waals surface area contributed by atoms with E-state index in [2.05, 4.69) is 0 Å². The van der Waals surface area contributed by atoms with Gasteiger partial charge in [-0.25, -0.2) is 8.42 Å². The van der Waals surface area contributed by atoms with Gasteiger partial charge in [-0.3, -0.25) is 4.79 Å². The number of ether oxygens (including phenoxy) is 1. The van der Waals surface area contributed by atoms with Crippen LogP contribution < -0.4 is 0 Å². The first-order valence-electron chi connectivity index (χ1n) is 6.87. The third-order valence-electron chi connectivity index (χ3n) is 3.93. The van der Waals surface area contributed by atoms with Gasteiger partial charge in [0.25, 0.3) is 0 Å². The Balaban J connectivity index is 2.64. The van der Waals surface area contributed by atoms with Crippen molar-refractivity contribution in [2.75, 3.05) is 26.5 Å². The predicted molar refractivity (Wildman–Crippen MR) is 74.8 cm³/mol. The van der Waals surface area contributed by atoms with Gasteiger partial charge in [0.2, 0.25) is 5.91 Å². The minimum absolute atomic E-state index is 0.102. The van der Waals surface area contributed by atoms with Crippen molar-refractivity contribution in [1.29, 1.82) is 0 Å². The molecule has 5 nitrogen and oxygen atoms in total. The van der Waals surface area contributed by atoms with Crippen LogP contribution in [0.5, 0.6) is 0 Å². The maximum atomic E-state index is 12.3. The Labute approximate surface area is 116 Å². The number of methoxy groups -OCH3 is 1. The lowest BCUT2D eigenvalue weighted by atomic mass is 9.94. The molecule has 0 aliphatic heterocycles. The lowest BCUT2D eigenvalue weighted by molar-refractivity contribution is -0.131. The molecule has 0 spiro atoms. The predicted octanol–water partition coefficient (Wildman–Crippen LogP) is 1.23. The van der Waals surface area contributed by atoms with Crippen LogP contribution in [0.3, 0.4) is 0 Å². The normalized spacial score (nSPS) is 19.1. The first kappa shape index (κ1) is 16.4. The zero-order chi connectivity index (χ0) is 14.5. The first-order valence-corrected chi connectivity index (χ1v) is 8.59. The smallest absolute Gasteiger partial charge is 0.240 e. The molecular weight excluding hydrogens is 266 g/mol. The summed E-state index contributed by atoms with van der Waals surface area (Å²) in [5.74, 6) is -0.391. The van der Waals surface area contributed by atoms with Crippen molar-refractivity contribution < 1.29 is 17.9 Å². The van der Waals surface area contributed by atoms with E-state index in [1.165, 1.54) is 20.5 Å². The number of amides is 1. The average molecular weight is 291 g/mol. The molecule has 6 heteroatoms. The molecule has 1 saturated carbocycles. The van der Waals surface area contributed by atoms with E-state index in [-0.39, 0.29) is 24.3 Å². The highest BCUT2D eigenvalue weighted by atomic mass is 32.2. The Kier molecular flexibility index (Phi) is 6.26. The maximum absolute atomic E-state index is 12.3. The fraction of sp³-hybridized carbons (Fsp3) is 0.923. The minimum Gasteiger partial charge on any atom is -0.384 e. The van der Waals surface area contributed by atoms with Gasteiger partial charge in [0, 0.05) is 20.2 Å². The van der Waals surface area contributed by atoms with Crippen LogP contribution in [-0.4, -0.2) is 57.0 Å². The van der Waals surface area contributed by atoms with E-state index in [1.807, 2.05) is 0 Å². The van der Waals surface area contributed by atoms with Crippen LogP contribution in [0.1, 0.15) is 39.0 Å². The molecule has 0 bridgehead atoms. The largest absolute Gasteiger partial charge is 0.384 e. The van der Waals surface area contributed by atoms with Gasteiger partial charge in [-0.1, -0.05) is 19.3 Å². The molecule has 0 heterocycles. The van der Waals surface area contributed by atoms with Crippen LogP contribution in [0, 0.1) is 0 Å². The van der Waals surface area contributed by atoms with E-state index in [4.69, 9.17) is 4.74 Å². The molecule has 1 aliphatic carbocycles. The summed E-state index contributed by atoms with van der Waals surface area (Å²) in [5.41, 5.74) is 0. The third-order valence-corrected chi connectivity index (χ3v) is 5.94. The fourth-order valence-corrected chi connectivity index (χ4v) is 3.69. The summed E-state index contributed by atoms with van der Waals surface area (Å²) in [6.07, 6.45) is 5.40. The molecule has 0 aromatic heterocycles. The summed E-state index contributed by atoms with van der Waals surface area (Å²) in [6, 6.07) is 0.196. The van der Waals surface area contributed by atoms with Crippen LogP contribution in [0.15, 0.2) is 0 Å². The molecular formula is C13H25NO4S. The summed E-state index contributed by atoms with van der Waals surface area (Å²) in [5, 5.41) is -0.977. The highest BCUT2D eigenvalue weighted by Gasteiger charge is 2.32. The molecule has 0 radical (unpaired) electrons. The number of carbonyl (C=O) groups is 1. The third kappa shape index (κ3) is 4.45. The summed E-state index contributed by atoms with van der Waals surface area (Å²) in [4.78, 5) is 13.9. The monoisotopic (exact) mass is 291 g/mol. The zero-order valence-corrected chi connectivity index (χ0v) is 12.9. The number of hydrogen-bond acceptors (Lipinski definition) is 4. The second-order valence-electron chi connectivity index (χ2n) is 5.24. The molecule has 112 valence electrons. The Morgan fingerprint density at radius 2 is 1.89 bits per heavy atom. The van der Waals surface area contributed by atoms with E-state index in [0.717, 1.165) is 25.7 Å². The summed E-state index contributed by atoms with van der Waals surface area (Å²) < 4.78 is 28.8. The Bertz CT molecular complexity index is 387. The number of carbonyl (C=O) groups excluding carboxylic acids is 1. The second-order valence-corrected chi connectivity index (χ2v) is 7.68. The summed E-state index contributed by atoms with van der Waals surface area (Å²) >= 11 is 0. The van der Waals surface area contributed by atoms with Crippen LogP contribution in [0.2, 0.25) is 0 Å². The molecule has 1 aliphatic rings. The van der Waals surface area contributed by atoms with Crippen molar-refractivity contribution >= 4 is 15.7 Å². The molecule has 0 aromatic carbocycles. The number of nitrogens with zero attached hydrogens (tertiary/aromatic N) is 1. The lowest BCUT2D eigenvalue weighted by Gasteiger charge is -2.32. The van der Waals surface area contributed by atoms with Gasteiger partial charge in [0.15, 0.2) is 9.84 Å². The highest BCUT2D eigenvalue weighted by molar-refractivity contribution is 7.92. The van der Waals surface area contributed by atoms with Crippen molar-refractivity contribution in [3.8, 4) is 0 Å². The van der Waals surface area contributed by atoms with Gasteiger partial charge in [-0.2, -0.15) is 0 Å². The van der Waals surface area contributed by atoms with E-state index in [1.54, 1.807) is 11.9 Å². The van der Waals surface area contributed by atoms with Crippen molar-refractivity contribution in [3.63, 3.8) is 0 Å². The van der Waals surface area contributed by atoms with Gasteiger partial charge in [-0.15, -0.1) is 0 Å². The molecule has 0 saturated heterocycles. The molecule has 1 atom stereocenters. The number of rotatable bonds is 6. The van der Waals surface area contributed by atoms with Crippen LogP contribution >= 0.6 is 0 Å². The van der Waals surface area contributed by atoms with Gasteiger partial charge < -0.3 is 9.64 Å². The number of hydrogen-bond donors (Lipinski definition) is 0. The van der Waals surface area contributed by atoms with E-state index < -0.39 is 15.1 Å². The average Bonchev–Trinajstić information content (AvgIpc) is 2.43. The van der Waals surface area contributed by atoms with E-state index >= 15 is 0 Å². The standard InChI is InChI=1S/C13H25NO4S/c1-11(19(16,17)10-9-18-3)13(15)14(2)12-7-5-4-6-8-12/h11-12H,4-10H2,1-3H3/t11-/m0/s1. The Morgan fingerprint density at radius 1 is 1.32 bits per heavy atom. The molecule has 0 unspecified atom stereocenters. The Hall–Kier alpha value is -0.620. The quantitative estimate of drug-likeness (QED) is 0.738. The molecule has 0 aromatic rings. The van der Waals surface area contributed by atoms with Gasteiger partial charge >= 0.3 is 0 Å². The maximum Gasteiger partial charge on any atom is 0.240 e. The van der Waals surface area contributed by atoms with Crippen molar-refractivity contribution in [2.24, 2.45) is 0 Å². The Morgan fingerprint density at radius 3 is 2.42 bits per heavy atom. The van der Waals surface area contributed by atoms with Gasteiger partial charge in [0.05, 0.1) is 12.4 Å².